The Morgan fingerprint density at radius 1 is 0.920 bits per heavy atom. The Hall–Kier alpha value is -2.68. The Morgan fingerprint density at radius 2 is 1.68 bits per heavy atom. The van der Waals surface area contributed by atoms with Crippen LogP contribution in [0.4, 0.5) is 0 Å². The summed E-state index contributed by atoms with van der Waals surface area (Å²) in [5, 5.41) is 0.959. The first-order valence-electron chi connectivity index (χ1n) is 8.97. The lowest BCUT2D eigenvalue weighted by atomic mass is 9.84. The van der Waals surface area contributed by atoms with Gasteiger partial charge in [-0.2, -0.15) is 0 Å². The summed E-state index contributed by atoms with van der Waals surface area (Å²) in [5.41, 5.74) is 2.62. The van der Waals surface area contributed by atoms with Gasteiger partial charge in [0.25, 0.3) is 0 Å². The van der Waals surface area contributed by atoms with Crippen molar-refractivity contribution in [1.82, 2.24) is 4.98 Å². The summed E-state index contributed by atoms with van der Waals surface area (Å²) < 4.78 is 5.60. The van der Waals surface area contributed by atoms with Crippen LogP contribution in [0.1, 0.15) is 53.9 Å². The molecule has 0 N–H and O–H groups in total. The molecule has 0 unspecified atom stereocenters. The molecule has 1 aromatic heterocycles. The molecule has 3 aromatic rings. The Bertz CT molecular complexity index is 875. The maximum Gasteiger partial charge on any atom is 0.343 e. The van der Waals surface area contributed by atoms with E-state index in [2.05, 4.69) is 17.1 Å². The Kier molecular flexibility index (Phi) is 4.47. The molecule has 0 radical (unpaired) electrons. The van der Waals surface area contributed by atoms with Crippen LogP contribution in [-0.4, -0.2) is 11.0 Å². The zero-order chi connectivity index (χ0) is 17.1. The number of fused-ring (bicyclic) bond motifs is 1. The van der Waals surface area contributed by atoms with Crippen molar-refractivity contribution in [3.8, 4) is 5.75 Å². The summed E-state index contributed by atoms with van der Waals surface area (Å²) >= 11 is 0. The lowest BCUT2D eigenvalue weighted by Gasteiger charge is -2.22. The summed E-state index contributed by atoms with van der Waals surface area (Å²) in [5.74, 6) is 0.800. The molecule has 1 fully saturated rings. The van der Waals surface area contributed by atoms with E-state index in [9.17, 15) is 4.79 Å². The molecule has 1 aliphatic carbocycles. The van der Waals surface area contributed by atoms with Crippen molar-refractivity contribution in [3.63, 3.8) is 0 Å². The third-order valence-corrected chi connectivity index (χ3v) is 5.02. The van der Waals surface area contributed by atoms with Crippen molar-refractivity contribution < 1.29 is 9.53 Å². The minimum absolute atomic E-state index is 0.339. The number of rotatable bonds is 3. The van der Waals surface area contributed by atoms with Crippen molar-refractivity contribution in [2.24, 2.45) is 0 Å². The molecule has 4 rings (SSSR count). The van der Waals surface area contributed by atoms with Crippen LogP contribution in [0.15, 0.2) is 60.8 Å². The first kappa shape index (κ1) is 15.8. The highest BCUT2D eigenvalue weighted by Gasteiger charge is 2.17. The zero-order valence-corrected chi connectivity index (χ0v) is 14.2. The van der Waals surface area contributed by atoms with Gasteiger partial charge in [-0.15, -0.1) is 0 Å². The van der Waals surface area contributed by atoms with Gasteiger partial charge in [-0.1, -0.05) is 49.6 Å². The molecule has 3 nitrogen and oxygen atoms in total. The van der Waals surface area contributed by atoms with Crippen molar-refractivity contribution in [3.05, 3.63) is 71.9 Å². The van der Waals surface area contributed by atoms with Gasteiger partial charge in [0.1, 0.15) is 5.52 Å². The van der Waals surface area contributed by atoms with E-state index in [4.69, 9.17) is 4.74 Å². The van der Waals surface area contributed by atoms with E-state index in [1.54, 1.807) is 12.3 Å². The maximum atomic E-state index is 12.5. The molecule has 0 spiro atoms. The van der Waals surface area contributed by atoms with Gasteiger partial charge in [0.2, 0.25) is 0 Å². The van der Waals surface area contributed by atoms with E-state index in [-0.39, 0.29) is 5.97 Å². The molecule has 0 bridgehead atoms. The maximum absolute atomic E-state index is 12.5. The van der Waals surface area contributed by atoms with Crippen LogP contribution in [-0.2, 0) is 0 Å². The molecule has 1 saturated carbocycles. The zero-order valence-electron chi connectivity index (χ0n) is 14.2. The number of ether oxygens (including phenoxy) is 1. The SMILES string of the molecule is O=C(Oc1cccc2cccnc12)c1ccc(C2CCCCC2)cc1. The fourth-order valence-electron chi connectivity index (χ4n) is 3.64. The molecule has 3 heteroatoms. The second kappa shape index (κ2) is 7.06. The number of aromatic nitrogens is 1. The number of benzene rings is 2. The largest absolute Gasteiger partial charge is 0.421 e. The molecular formula is C22H21NO2. The summed E-state index contributed by atoms with van der Waals surface area (Å²) in [4.78, 5) is 16.8. The van der Waals surface area contributed by atoms with Gasteiger partial charge < -0.3 is 4.74 Å². The third-order valence-electron chi connectivity index (χ3n) is 5.02. The van der Waals surface area contributed by atoms with Gasteiger partial charge in [-0.25, -0.2) is 4.79 Å². The van der Waals surface area contributed by atoms with Gasteiger partial charge in [-0.3, -0.25) is 4.98 Å². The summed E-state index contributed by atoms with van der Waals surface area (Å²) in [6.07, 6.45) is 8.18. The summed E-state index contributed by atoms with van der Waals surface area (Å²) in [6, 6.07) is 17.4. The second-order valence-electron chi connectivity index (χ2n) is 6.68. The van der Waals surface area contributed by atoms with Gasteiger partial charge in [0, 0.05) is 11.6 Å². The Labute approximate surface area is 147 Å². The third kappa shape index (κ3) is 3.41. The predicted molar refractivity (Wildman–Crippen MR) is 99.0 cm³/mol. The molecule has 0 saturated heterocycles. The summed E-state index contributed by atoms with van der Waals surface area (Å²) in [7, 11) is 0. The van der Waals surface area contributed by atoms with E-state index in [1.807, 2.05) is 36.4 Å². The molecular weight excluding hydrogens is 310 g/mol. The lowest BCUT2D eigenvalue weighted by Crippen LogP contribution is -2.10. The van der Waals surface area contributed by atoms with Crippen LogP contribution >= 0.6 is 0 Å². The smallest absolute Gasteiger partial charge is 0.343 e. The minimum atomic E-state index is -0.339. The van der Waals surface area contributed by atoms with Crippen LogP contribution in [0.25, 0.3) is 10.9 Å². The number of carbonyl (C=O) groups excluding carboxylic acids is 1. The average molecular weight is 331 g/mol. The highest BCUT2D eigenvalue weighted by atomic mass is 16.5. The van der Waals surface area contributed by atoms with Crippen LogP contribution in [0.5, 0.6) is 5.75 Å². The number of carbonyl (C=O) groups is 1. The van der Waals surface area contributed by atoms with E-state index in [1.165, 1.54) is 37.7 Å². The molecule has 2 aromatic carbocycles. The topological polar surface area (TPSA) is 39.2 Å². The van der Waals surface area contributed by atoms with Crippen LogP contribution in [0, 0.1) is 0 Å². The number of hydrogen-bond acceptors (Lipinski definition) is 3. The minimum Gasteiger partial charge on any atom is -0.421 e. The molecule has 0 atom stereocenters. The van der Waals surface area contributed by atoms with Crippen LogP contribution < -0.4 is 4.74 Å². The van der Waals surface area contributed by atoms with E-state index in [0.29, 0.717) is 22.7 Å². The van der Waals surface area contributed by atoms with Gasteiger partial charge >= 0.3 is 5.97 Å². The number of hydrogen-bond donors (Lipinski definition) is 0. The number of pyridine rings is 1. The van der Waals surface area contributed by atoms with Crippen LogP contribution in [0.3, 0.4) is 0 Å². The molecule has 0 aliphatic heterocycles. The Balaban J connectivity index is 1.52. The van der Waals surface area contributed by atoms with Crippen molar-refractivity contribution in [2.75, 3.05) is 0 Å². The normalized spacial score (nSPS) is 15.2. The highest BCUT2D eigenvalue weighted by Crippen LogP contribution is 2.32. The standard InChI is InChI=1S/C22H21NO2/c24-22(25-20-10-4-8-18-9-5-15-23-21(18)20)19-13-11-17(12-14-19)16-6-2-1-3-7-16/h4-5,8-16H,1-3,6-7H2. The quantitative estimate of drug-likeness (QED) is 0.470. The summed E-state index contributed by atoms with van der Waals surface area (Å²) in [6.45, 7) is 0. The van der Waals surface area contributed by atoms with Crippen molar-refractivity contribution in [2.45, 2.75) is 38.0 Å². The van der Waals surface area contributed by atoms with E-state index < -0.39 is 0 Å². The van der Waals surface area contributed by atoms with Gasteiger partial charge in [0.05, 0.1) is 5.56 Å². The monoisotopic (exact) mass is 331 g/mol. The Morgan fingerprint density at radius 3 is 2.48 bits per heavy atom. The number of esters is 1. The molecule has 25 heavy (non-hydrogen) atoms. The average Bonchev–Trinajstić information content (AvgIpc) is 2.69. The highest BCUT2D eigenvalue weighted by molar-refractivity contribution is 5.94. The first-order valence-corrected chi connectivity index (χ1v) is 8.97. The number of nitrogens with zero attached hydrogens (tertiary/aromatic N) is 1. The van der Waals surface area contributed by atoms with E-state index in [0.717, 1.165) is 5.39 Å². The van der Waals surface area contributed by atoms with Crippen molar-refractivity contribution in [1.29, 1.82) is 0 Å². The molecule has 0 amide bonds. The fourth-order valence-corrected chi connectivity index (χ4v) is 3.64. The second-order valence-corrected chi connectivity index (χ2v) is 6.68. The van der Waals surface area contributed by atoms with Gasteiger partial charge in [0.15, 0.2) is 5.75 Å². The van der Waals surface area contributed by atoms with Crippen molar-refractivity contribution >= 4 is 16.9 Å². The molecule has 1 aliphatic rings. The van der Waals surface area contributed by atoms with Gasteiger partial charge in [-0.05, 0) is 48.6 Å². The fraction of sp³-hybridized carbons (Fsp3) is 0.273. The molecule has 1 heterocycles. The predicted octanol–water partition coefficient (Wildman–Crippen LogP) is 5.50. The van der Waals surface area contributed by atoms with E-state index >= 15 is 0 Å². The molecule has 126 valence electrons. The number of para-hydroxylation sites is 1. The lowest BCUT2D eigenvalue weighted by molar-refractivity contribution is 0.0736. The van der Waals surface area contributed by atoms with Crippen LogP contribution in [0.2, 0.25) is 0 Å². The first-order chi connectivity index (χ1) is 12.3.